The van der Waals surface area contributed by atoms with Crippen LogP contribution in [-0.2, 0) is 14.1 Å². The average molecular weight is 520 g/mol. The van der Waals surface area contributed by atoms with Crippen LogP contribution >= 0.6 is 30.1 Å². The summed E-state index contributed by atoms with van der Waals surface area (Å²) in [7, 11) is -3.20. The Labute approximate surface area is 199 Å². The standard InChI is InChI=1S/C20H26NO9PS2/c1-10(33-32)19(25)21-13-4-2-12-9-14(5-3-11(12)8-13)29-20-18(24)17(23)16(22)15(30-20)6-7-31(26,27)28/h2-5,8-10,15-18,20,22-24,32H,6-7H2,1H3,(H,21,25)(H2,26,27,28)/t10?,15-,16-,17+,18+,20+/m1/s1. The summed E-state index contributed by atoms with van der Waals surface area (Å²) in [5.74, 6) is 0.132. The fourth-order valence-electron chi connectivity index (χ4n) is 3.35. The van der Waals surface area contributed by atoms with E-state index in [1.165, 1.54) is 0 Å². The summed E-state index contributed by atoms with van der Waals surface area (Å²) in [4.78, 5) is 30.2. The highest BCUT2D eigenvalue weighted by atomic mass is 33.1. The molecule has 1 aliphatic heterocycles. The summed E-state index contributed by atoms with van der Waals surface area (Å²) in [5, 5.41) is 34.5. The molecule has 1 fully saturated rings. The van der Waals surface area contributed by atoms with Crippen molar-refractivity contribution in [3.63, 3.8) is 0 Å². The highest BCUT2D eigenvalue weighted by Crippen LogP contribution is 2.37. The van der Waals surface area contributed by atoms with Crippen molar-refractivity contribution in [1.29, 1.82) is 0 Å². The van der Waals surface area contributed by atoms with Crippen molar-refractivity contribution in [2.24, 2.45) is 0 Å². The summed E-state index contributed by atoms with van der Waals surface area (Å²) in [6.07, 6.45) is -8.00. The molecule has 1 saturated heterocycles. The van der Waals surface area contributed by atoms with Crippen molar-refractivity contribution in [2.75, 3.05) is 11.5 Å². The van der Waals surface area contributed by atoms with E-state index in [-0.39, 0.29) is 17.6 Å². The zero-order chi connectivity index (χ0) is 24.3. The molecule has 6 N–H and O–H groups in total. The number of aliphatic hydroxyl groups is 3. The number of nitrogens with one attached hydrogen (secondary N) is 1. The van der Waals surface area contributed by atoms with Gasteiger partial charge in [-0.15, -0.1) is 11.7 Å². The maximum atomic E-state index is 12.0. The molecule has 2 aromatic carbocycles. The van der Waals surface area contributed by atoms with Crippen LogP contribution < -0.4 is 10.1 Å². The summed E-state index contributed by atoms with van der Waals surface area (Å²) in [5.41, 5.74) is 0.617. The van der Waals surface area contributed by atoms with Crippen LogP contribution in [0.15, 0.2) is 36.4 Å². The molecule has 0 spiro atoms. The number of carbonyl (C=O) groups excluding carboxylic acids is 1. The van der Waals surface area contributed by atoms with Crippen molar-refractivity contribution in [3.05, 3.63) is 36.4 Å². The number of thiol groups is 1. The lowest BCUT2D eigenvalue weighted by Gasteiger charge is -2.40. The number of ether oxygens (including phenoxy) is 2. The Morgan fingerprint density at radius 2 is 1.82 bits per heavy atom. The third-order valence-corrected chi connectivity index (χ3v) is 7.55. The molecule has 0 bridgehead atoms. The van der Waals surface area contributed by atoms with Crippen molar-refractivity contribution < 1.29 is 43.9 Å². The quantitative estimate of drug-likeness (QED) is 0.154. The van der Waals surface area contributed by atoms with E-state index in [1.54, 1.807) is 43.3 Å². The van der Waals surface area contributed by atoms with Gasteiger partial charge in [0.2, 0.25) is 12.2 Å². The Hall–Kier alpha value is -1.34. The second-order valence-corrected chi connectivity index (χ2v) is 11.1. The summed E-state index contributed by atoms with van der Waals surface area (Å²) >= 11 is 4.04. The minimum absolute atomic E-state index is 0.174. The monoisotopic (exact) mass is 519 g/mol. The Morgan fingerprint density at radius 3 is 2.48 bits per heavy atom. The molecule has 33 heavy (non-hydrogen) atoms. The second-order valence-electron chi connectivity index (χ2n) is 7.77. The van der Waals surface area contributed by atoms with Gasteiger partial charge in [0.25, 0.3) is 0 Å². The van der Waals surface area contributed by atoms with Crippen LogP contribution in [0.2, 0.25) is 0 Å². The largest absolute Gasteiger partial charge is 0.462 e. The average Bonchev–Trinajstić information content (AvgIpc) is 2.77. The molecule has 182 valence electrons. The van der Waals surface area contributed by atoms with E-state index in [4.69, 9.17) is 19.3 Å². The highest BCUT2D eigenvalue weighted by molar-refractivity contribution is 8.69. The van der Waals surface area contributed by atoms with Gasteiger partial charge in [0.1, 0.15) is 24.1 Å². The van der Waals surface area contributed by atoms with Gasteiger partial charge in [-0.2, -0.15) is 0 Å². The van der Waals surface area contributed by atoms with Gasteiger partial charge in [-0.25, -0.2) is 0 Å². The van der Waals surface area contributed by atoms with E-state index < -0.39 is 44.5 Å². The molecular weight excluding hydrogens is 493 g/mol. The fraction of sp³-hybridized carbons (Fsp3) is 0.450. The summed E-state index contributed by atoms with van der Waals surface area (Å²) in [6, 6.07) is 10.3. The molecule has 6 atom stereocenters. The van der Waals surface area contributed by atoms with E-state index in [9.17, 15) is 24.7 Å². The van der Waals surface area contributed by atoms with Crippen LogP contribution in [0.3, 0.4) is 0 Å². The van der Waals surface area contributed by atoms with Crippen LogP contribution in [-0.4, -0.2) is 73.1 Å². The Bertz CT molecular complexity index is 1040. The van der Waals surface area contributed by atoms with Crippen molar-refractivity contribution in [2.45, 2.75) is 49.3 Å². The Morgan fingerprint density at radius 1 is 1.15 bits per heavy atom. The molecule has 0 aliphatic carbocycles. The number of anilines is 1. The molecule has 0 radical (unpaired) electrons. The second kappa shape index (κ2) is 10.9. The van der Waals surface area contributed by atoms with E-state index in [2.05, 4.69) is 17.0 Å². The normalized spacial score (nSPS) is 26.7. The maximum absolute atomic E-state index is 12.0. The molecule has 1 unspecified atom stereocenters. The van der Waals surface area contributed by atoms with Crippen LogP contribution in [0.1, 0.15) is 13.3 Å². The van der Waals surface area contributed by atoms with Gasteiger partial charge in [-0.3, -0.25) is 9.36 Å². The molecule has 13 heteroatoms. The first-order valence-electron chi connectivity index (χ1n) is 10.0. The molecular formula is C20H26NO9PS2. The molecule has 1 heterocycles. The third-order valence-electron chi connectivity index (χ3n) is 5.23. The zero-order valence-electron chi connectivity index (χ0n) is 17.5. The predicted octanol–water partition coefficient (Wildman–Crippen LogP) is 1.50. The number of carbonyl (C=O) groups is 1. The number of aliphatic hydroxyl groups excluding tert-OH is 3. The first-order chi connectivity index (χ1) is 15.5. The lowest BCUT2D eigenvalue weighted by Crippen LogP contribution is -2.59. The highest BCUT2D eigenvalue weighted by Gasteiger charge is 2.45. The molecule has 2 aromatic rings. The van der Waals surface area contributed by atoms with Gasteiger partial charge in [-0.1, -0.05) is 22.9 Å². The number of hydrogen-bond donors (Lipinski definition) is 7. The zero-order valence-corrected chi connectivity index (χ0v) is 20.1. The number of hydrogen-bond acceptors (Lipinski definition) is 9. The number of benzene rings is 2. The fourth-order valence-corrected chi connectivity index (χ4v) is 4.38. The van der Waals surface area contributed by atoms with Gasteiger partial charge in [0.15, 0.2) is 0 Å². The molecule has 3 rings (SSSR count). The van der Waals surface area contributed by atoms with Crippen LogP contribution in [0.4, 0.5) is 5.69 Å². The summed E-state index contributed by atoms with van der Waals surface area (Å²) in [6.45, 7) is 1.74. The third kappa shape index (κ3) is 6.84. The molecule has 0 saturated carbocycles. The minimum atomic E-state index is -4.34. The predicted molar refractivity (Wildman–Crippen MR) is 127 cm³/mol. The Kier molecular flexibility index (Phi) is 8.71. The smallest absolute Gasteiger partial charge is 0.325 e. The molecule has 1 aliphatic rings. The van der Waals surface area contributed by atoms with Gasteiger partial charge >= 0.3 is 7.60 Å². The van der Waals surface area contributed by atoms with E-state index in [0.717, 1.165) is 21.6 Å². The van der Waals surface area contributed by atoms with E-state index in [0.29, 0.717) is 11.4 Å². The number of amides is 1. The number of rotatable bonds is 8. The lowest BCUT2D eigenvalue weighted by molar-refractivity contribution is -0.272. The first kappa shape index (κ1) is 26.3. The first-order valence-corrected chi connectivity index (χ1v) is 13.8. The van der Waals surface area contributed by atoms with Crippen LogP contribution in [0.5, 0.6) is 5.75 Å². The van der Waals surface area contributed by atoms with Crippen molar-refractivity contribution in [3.8, 4) is 5.75 Å². The van der Waals surface area contributed by atoms with Crippen molar-refractivity contribution >= 4 is 52.4 Å². The van der Waals surface area contributed by atoms with Crippen LogP contribution in [0, 0.1) is 0 Å². The van der Waals surface area contributed by atoms with Gasteiger partial charge in [0.05, 0.1) is 17.5 Å². The Balaban J connectivity index is 1.72. The van der Waals surface area contributed by atoms with Gasteiger partial charge in [-0.05, 0) is 48.4 Å². The molecule has 10 nitrogen and oxygen atoms in total. The van der Waals surface area contributed by atoms with Crippen LogP contribution in [0.25, 0.3) is 10.8 Å². The van der Waals surface area contributed by atoms with Gasteiger partial charge < -0.3 is 39.9 Å². The van der Waals surface area contributed by atoms with Gasteiger partial charge in [0, 0.05) is 5.69 Å². The lowest BCUT2D eigenvalue weighted by atomic mass is 9.97. The molecule has 0 aromatic heterocycles. The minimum Gasteiger partial charge on any atom is -0.462 e. The SMILES string of the molecule is CC(SS)C(=O)Nc1ccc2cc(O[C@H]3O[C@H](CCP(=O)(O)O)[C@@H](O)[C@H](O)[C@@H]3O)ccc2c1. The topological polar surface area (TPSA) is 166 Å². The van der Waals surface area contributed by atoms with E-state index >= 15 is 0 Å². The molecule has 1 amide bonds. The van der Waals surface area contributed by atoms with E-state index in [1.807, 2.05) is 0 Å². The summed E-state index contributed by atoms with van der Waals surface area (Å²) < 4.78 is 22.3. The van der Waals surface area contributed by atoms with Crippen molar-refractivity contribution in [1.82, 2.24) is 0 Å². The maximum Gasteiger partial charge on any atom is 0.325 e. The number of fused-ring (bicyclic) bond motifs is 1.